The molecule has 1 aliphatic rings. The van der Waals surface area contributed by atoms with Crippen LogP contribution in [0.2, 0.25) is 0 Å². The highest BCUT2D eigenvalue weighted by molar-refractivity contribution is 7.09. The summed E-state index contributed by atoms with van der Waals surface area (Å²) in [5.41, 5.74) is 0. The fourth-order valence-electron chi connectivity index (χ4n) is 2.37. The maximum atomic E-state index is 11.5. The largest absolute Gasteiger partial charge is 0.365 e. The highest BCUT2D eigenvalue weighted by Gasteiger charge is 2.37. The van der Waals surface area contributed by atoms with Crippen LogP contribution in [-0.2, 0) is 14.1 Å². The molecule has 1 fully saturated rings. The van der Waals surface area contributed by atoms with Crippen molar-refractivity contribution in [3.8, 4) is 0 Å². The lowest BCUT2D eigenvalue weighted by atomic mass is 9.94. The van der Waals surface area contributed by atoms with Crippen molar-refractivity contribution in [3.05, 3.63) is 0 Å². The van der Waals surface area contributed by atoms with Gasteiger partial charge in [0.25, 0.3) is 0 Å². The molecule has 1 aliphatic heterocycles. The molecule has 0 aliphatic carbocycles. The van der Waals surface area contributed by atoms with Crippen LogP contribution in [0, 0.1) is 0 Å². The maximum Gasteiger partial charge on any atom is 0.172 e. The van der Waals surface area contributed by atoms with Crippen LogP contribution in [-0.4, -0.2) is 28.9 Å². The van der Waals surface area contributed by atoms with Crippen molar-refractivity contribution in [2.45, 2.75) is 76.8 Å². The molecule has 0 amide bonds. The first kappa shape index (κ1) is 16.0. The van der Waals surface area contributed by atoms with Gasteiger partial charge < -0.3 is 14.4 Å². The van der Waals surface area contributed by atoms with E-state index in [0.717, 1.165) is 25.7 Å². The fourth-order valence-corrected chi connectivity index (χ4v) is 2.68. The summed E-state index contributed by atoms with van der Waals surface area (Å²) in [6.07, 6.45) is 4.72. The van der Waals surface area contributed by atoms with E-state index < -0.39 is 5.79 Å². The zero-order valence-electron chi connectivity index (χ0n) is 11.4. The Morgan fingerprint density at radius 3 is 2.89 bits per heavy atom. The van der Waals surface area contributed by atoms with Gasteiger partial charge in [-0.2, -0.15) is 0 Å². The molecular weight excluding hydrogens is 251 g/mol. The predicted molar refractivity (Wildman–Crippen MR) is 73.1 cm³/mol. The van der Waals surface area contributed by atoms with Gasteiger partial charge in [0, 0.05) is 28.7 Å². The second-order valence-corrected chi connectivity index (χ2v) is 5.32. The van der Waals surface area contributed by atoms with Crippen molar-refractivity contribution >= 4 is 15.2 Å². The SMILES string of the molecule is CCC(=O)CC1(O)CCC[C@@H](C[C@@H](CC)OP)O1. The molecule has 0 bridgehead atoms. The molecule has 5 heteroatoms. The number of carbonyl (C=O) groups excluding carboxylic acids is 1. The molecule has 1 N–H and O–H groups in total. The molecule has 1 rings (SSSR count). The third-order valence-electron chi connectivity index (χ3n) is 3.52. The number of hydrogen-bond acceptors (Lipinski definition) is 4. The summed E-state index contributed by atoms with van der Waals surface area (Å²) in [7, 11) is 2.28. The number of hydrogen-bond donors (Lipinski definition) is 1. The molecule has 0 aromatic rings. The summed E-state index contributed by atoms with van der Waals surface area (Å²) in [4.78, 5) is 11.5. The summed E-state index contributed by atoms with van der Waals surface area (Å²) in [6.45, 7) is 3.87. The number of ketones is 1. The standard InChI is InChI=1S/C13H25O4P/c1-3-10(14)9-13(15)7-5-6-12(16-13)8-11(4-2)17-18/h11-12,15H,3-9,18H2,1-2H3/t11-,12+,13?/m1/s1. The molecule has 2 unspecified atom stereocenters. The van der Waals surface area contributed by atoms with Crippen molar-refractivity contribution in [2.24, 2.45) is 0 Å². The second kappa shape index (κ2) is 7.54. The highest BCUT2D eigenvalue weighted by atomic mass is 31.0. The molecule has 1 heterocycles. The molecule has 0 spiro atoms. The van der Waals surface area contributed by atoms with Gasteiger partial charge >= 0.3 is 0 Å². The molecular formula is C13H25O4P. The van der Waals surface area contributed by atoms with E-state index in [4.69, 9.17) is 9.26 Å². The van der Waals surface area contributed by atoms with Gasteiger partial charge in [0.05, 0.1) is 18.6 Å². The number of Topliss-reactive ketones (excluding diaryl/α,β-unsaturated/α-hetero) is 1. The van der Waals surface area contributed by atoms with Gasteiger partial charge in [0.2, 0.25) is 0 Å². The third-order valence-corrected chi connectivity index (χ3v) is 3.91. The fraction of sp³-hybridized carbons (Fsp3) is 0.923. The Morgan fingerprint density at radius 2 is 2.33 bits per heavy atom. The van der Waals surface area contributed by atoms with Crippen molar-refractivity contribution in [1.82, 2.24) is 0 Å². The Labute approximate surface area is 112 Å². The molecule has 106 valence electrons. The van der Waals surface area contributed by atoms with Gasteiger partial charge in [-0.15, -0.1) is 0 Å². The Kier molecular flexibility index (Phi) is 6.72. The van der Waals surface area contributed by atoms with E-state index in [2.05, 4.69) is 16.4 Å². The van der Waals surface area contributed by atoms with Crippen LogP contribution < -0.4 is 0 Å². The Balaban J connectivity index is 2.51. The van der Waals surface area contributed by atoms with E-state index >= 15 is 0 Å². The summed E-state index contributed by atoms with van der Waals surface area (Å²) in [5, 5.41) is 10.3. The van der Waals surface area contributed by atoms with Crippen LogP contribution in [0.3, 0.4) is 0 Å². The van der Waals surface area contributed by atoms with E-state index in [1.807, 2.05) is 0 Å². The topological polar surface area (TPSA) is 55.8 Å². The van der Waals surface area contributed by atoms with E-state index in [9.17, 15) is 9.90 Å². The van der Waals surface area contributed by atoms with E-state index in [1.54, 1.807) is 6.92 Å². The first-order valence-electron chi connectivity index (χ1n) is 6.80. The Hall–Kier alpha value is -0.0200. The van der Waals surface area contributed by atoms with Crippen molar-refractivity contribution in [2.75, 3.05) is 0 Å². The van der Waals surface area contributed by atoms with Gasteiger partial charge in [-0.3, -0.25) is 4.79 Å². The van der Waals surface area contributed by atoms with Crippen LogP contribution >= 0.6 is 9.47 Å². The van der Waals surface area contributed by atoms with Crippen LogP contribution in [0.25, 0.3) is 0 Å². The number of rotatable bonds is 7. The molecule has 0 aromatic heterocycles. The molecule has 4 atom stereocenters. The van der Waals surface area contributed by atoms with E-state index in [-0.39, 0.29) is 24.4 Å². The molecule has 18 heavy (non-hydrogen) atoms. The molecule has 4 nitrogen and oxygen atoms in total. The first-order chi connectivity index (χ1) is 8.53. The minimum Gasteiger partial charge on any atom is -0.365 e. The number of aliphatic hydroxyl groups is 1. The molecule has 1 saturated heterocycles. The number of carbonyl (C=O) groups is 1. The lowest BCUT2D eigenvalue weighted by Crippen LogP contribution is -2.43. The van der Waals surface area contributed by atoms with Gasteiger partial charge in [-0.25, -0.2) is 0 Å². The monoisotopic (exact) mass is 276 g/mol. The third kappa shape index (κ3) is 4.93. The molecule has 0 saturated carbocycles. The van der Waals surface area contributed by atoms with Crippen LogP contribution in [0.1, 0.15) is 58.8 Å². The zero-order chi connectivity index (χ0) is 13.6. The average Bonchev–Trinajstić information content (AvgIpc) is 2.35. The lowest BCUT2D eigenvalue weighted by Gasteiger charge is -2.37. The summed E-state index contributed by atoms with van der Waals surface area (Å²) in [5.74, 6) is -1.21. The Bertz CT molecular complexity index is 268. The summed E-state index contributed by atoms with van der Waals surface area (Å²) >= 11 is 0. The van der Waals surface area contributed by atoms with Gasteiger partial charge in [-0.05, 0) is 19.3 Å². The van der Waals surface area contributed by atoms with Crippen molar-refractivity contribution < 1.29 is 19.2 Å². The number of ether oxygens (including phenoxy) is 1. The summed E-state index contributed by atoms with van der Waals surface area (Å²) in [6, 6.07) is 0. The van der Waals surface area contributed by atoms with E-state index in [0.29, 0.717) is 12.8 Å². The van der Waals surface area contributed by atoms with Crippen LogP contribution in [0.4, 0.5) is 0 Å². The zero-order valence-corrected chi connectivity index (χ0v) is 12.5. The van der Waals surface area contributed by atoms with Crippen molar-refractivity contribution in [1.29, 1.82) is 0 Å². The Morgan fingerprint density at radius 1 is 1.61 bits per heavy atom. The van der Waals surface area contributed by atoms with Gasteiger partial charge in [0.1, 0.15) is 5.78 Å². The quantitative estimate of drug-likeness (QED) is 0.726. The minimum absolute atomic E-state index is 0.0149. The van der Waals surface area contributed by atoms with Crippen LogP contribution in [0.15, 0.2) is 0 Å². The average molecular weight is 276 g/mol. The van der Waals surface area contributed by atoms with Gasteiger partial charge in [-0.1, -0.05) is 13.8 Å². The smallest absolute Gasteiger partial charge is 0.172 e. The van der Waals surface area contributed by atoms with Gasteiger partial charge in [0.15, 0.2) is 5.79 Å². The molecule has 0 radical (unpaired) electrons. The normalized spacial score (nSPS) is 30.1. The minimum atomic E-state index is -1.25. The maximum absolute atomic E-state index is 11.5. The lowest BCUT2D eigenvalue weighted by molar-refractivity contribution is -0.256. The predicted octanol–water partition coefficient (Wildman–Crippen LogP) is 2.59. The first-order valence-corrected chi connectivity index (χ1v) is 7.27. The molecule has 0 aromatic carbocycles. The van der Waals surface area contributed by atoms with Crippen molar-refractivity contribution in [3.63, 3.8) is 0 Å². The second-order valence-electron chi connectivity index (χ2n) is 5.05. The summed E-state index contributed by atoms with van der Waals surface area (Å²) < 4.78 is 11.0. The highest BCUT2D eigenvalue weighted by Crippen LogP contribution is 2.32. The van der Waals surface area contributed by atoms with Crippen LogP contribution in [0.5, 0.6) is 0 Å². The van der Waals surface area contributed by atoms with E-state index in [1.165, 1.54) is 0 Å².